The molecule has 0 aliphatic carbocycles. The van der Waals surface area contributed by atoms with Crippen LogP contribution in [-0.4, -0.2) is 31.7 Å². The second kappa shape index (κ2) is 9.16. The van der Waals surface area contributed by atoms with Crippen molar-refractivity contribution in [1.29, 1.82) is 0 Å². The third-order valence-electron chi connectivity index (χ3n) is 4.76. The van der Waals surface area contributed by atoms with Crippen LogP contribution in [-0.2, 0) is 14.8 Å². The highest BCUT2D eigenvalue weighted by Gasteiger charge is 2.22. The van der Waals surface area contributed by atoms with Crippen LogP contribution in [0.25, 0.3) is 11.0 Å². The first-order valence-corrected chi connectivity index (χ1v) is 11.3. The third-order valence-corrected chi connectivity index (χ3v) is 6.13. The Morgan fingerprint density at radius 1 is 0.971 bits per heavy atom. The molecule has 1 N–H and O–H groups in total. The molecule has 4 rings (SSSR count). The molecule has 34 heavy (non-hydrogen) atoms. The predicted octanol–water partition coefficient (Wildman–Crippen LogP) is 4.18. The Morgan fingerprint density at radius 2 is 1.71 bits per heavy atom. The van der Waals surface area contributed by atoms with Crippen LogP contribution >= 0.6 is 0 Å². The molecule has 0 radical (unpaired) electrons. The Balaban J connectivity index is 1.50. The average molecular weight is 480 g/mol. The van der Waals surface area contributed by atoms with E-state index in [9.17, 15) is 28.1 Å². The van der Waals surface area contributed by atoms with Gasteiger partial charge in [0.25, 0.3) is 15.7 Å². The Labute approximate surface area is 193 Å². The number of hydrogen-bond donors (Lipinski definition) is 1. The number of hydrogen-bond acceptors (Lipinski definition) is 8. The fraction of sp³-hybridized carbons (Fsp3) is 0.0435. The highest BCUT2D eigenvalue weighted by molar-refractivity contribution is 7.92. The molecule has 1 aromatic heterocycles. The molecule has 0 saturated heterocycles. The molecule has 0 aliphatic rings. The number of anilines is 1. The van der Waals surface area contributed by atoms with Crippen LogP contribution in [0.2, 0.25) is 0 Å². The number of para-hydroxylation sites is 2. The van der Waals surface area contributed by atoms with E-state index >= 15 is 0 Å². The summed E-state index contributed by atoms with van der Waals surface area (Å²) in [6, 6.07) is 18.6. The number of ether oxygens (including phenoxy) is 1. The van der Waals surface area contributed by atoms with Crippen molar-refractivity contribution < 1.29 is 32.1 Å². The summed E-state index contributed by atoms with van der Waals surface area (Å²) < 4.78 is 38.2. The number of Topliss-reactive ketones (excluding diaryl/α,β-unsaturated/α-hetero) is 1. The molecule has 0 unspecified atom stereocenters. The SMILES string of the molecule is O=C(COC(=O)c1ccccc1NS(=O)(=O)c1cccc([N+](=O)[O-])c1)c1cc2ccccc2o1. The minimum atomic E-state index is -4.26. The zero-order valence-corrected chi connectivity index (χ0v) is 18.2. The number of benzene rings is 3. The van der Waals surface area contributed by atoms with Gasteiger partial charge in [0.15, 0.2) is 12.4 Å². The van der Waals surface area contributed by atoms with E-state index in [1.54, 1.807) is 24.3 Å². The number of esters is 1. The van der Waals surface area contributed by atoms with Gasteiger partial charge in [-0.2, -0.15) is 0 Å². The number of nitro groups is 1. The Bertz CT molecular complexity index is 1490. The van der Waals surface area contributed by atoms with E-state index in [0.29, 0.717) is 5.58 Å². The Kier molecular flexibility index (Phi) is 6.11. The zero-order valence-electron chi connectivity index (χ0n) is 17.3. The van der Waals surface area contributed by atoms with Gasteiger partial charge in [0.05, 0.1) is 21.1 Å². The van der Waals surface area contributed by atoms with Gasteiger partial charge in [-0.05, 0) is 30.3 Å². The second-order valence-electron chi connectivity index (χ2n) is 7.05. The first kappa shape index (κ1) is 22.7. The van der Waals surface area contributed by atoms with Crippen molar-refractivity contribution in [3.63, 3.8) is 0 Å². The number of sulfonamides is 1. The molecule has 0 amide bonds. The van der Waals surface area contributed by atoms with Gasteiger partial charge < -0.3 is 9.15 Å². The van der Waals surface area contributed by atoms with Crippen molar-refractivity contribution in [3.8, 4) is 0 Å². The third kappa shape index (κ3) is 4.79. The van der Waals surface area contributed by atoms with Crippen LogP contribution in [0.4, 0.5) is 11.4 Å². The molecule has 10 nitrogen and oxygen atoms in total. The van der Waals surface area contributed by atoms with Gasteiger partial charge in [-0.15, -0.1) is 0 Å². The first-order chi connectivity index (χ1) is 16.2. The first-order valence-electron chi connectivity index (χ1n) is 9.80. The topological polar surface area (TPSA) is 146 Å². The fourth-order valence-corrected chi connectivity index (χ4v) is 4.24. The van der Waals surface area contributed by atoms with E-state index in [1.807, 2.05) is 0 Å². The number of non-ortho nitro benzene ring substituents is 1. The predicted molar refractivity (Wildman–Crippen MR) is 121 cm³/mol. The number of carbonyl (C=O) groups excluding carboxylic acids is 2. The van der Waals surface area contributed by atoms with Gasteiger partial charge in [-0.1, -0.05) is 36.4 Å². The summed E-state index contributed by atoms with van der Waals surface area (Å²) in [5.41, 5.74) is -0.151. The van der Waals surface area contributed by atoms with Gasteiger partial charge in [-0.3, -0.25) is 19.6 Å². The average Bonchev–Trinajstić information content (AvgIpc) is 3.27. The number of nitro benzene ring substituents is 1. The molecule has 0 bridgehead atoms. The number of furan rings is 1. The van der Waals surface area contributed by atoms with Crippen molar-refractivity contribution >= 4 is 44.1 Å². The van der Waals surface area contributed by atoms with E-state index in [1.165, 1.54) is 42.5 Å². The van der Waals surface area contributed by atoms with E-state index in [2.05, 4.69) is 4.72 Å². The van der Waals surface area contributed by atoms with Crippen LogP contribution in [0.3, 0.4) is 0 Å². The summed E-state index contributed by atoms with van der Waals surface area (Å²) in [5, 5.41) is 11.7. The molecule has 1 heterocycles. The number of nitrogens with zero attached hydrogens (tertiary/aromatic N) is 1. The summed E-state index contributed by atoms with van der Waals surface area (Å²) in [7, 11) is -4.26. The highest BCUT2D eigenvalue weighted by Crippen LogP contribution is 2.24. The lowest BCUT2D eigenvalue weighted by molar-refractivity contribution is -0.385. The number of fused-ring (bicyclic) bond motifs is 1. The minimum Gasteiger partial charge on any atom is -0.453 e. The maximum absolute atomic E-state index is 12.7. The van der Waals surface area contributed by atoms with Crippen molar-refractivity contribution in [2.24, 2.45) is 0 Å². The fourth-order valence-electron chi connectivity index (χ4n) is 3.12. The van der Waals surface area contributed by atoms with Crippen molar-refractivity contribution in [2.75, 3.05) is 11.3 Å². The summed E-state index contributed by atoms with van der Waals surface area (Å²) in [4.78, 5) is 34.9. The van der Waals surface area contributed by atoms with Crippen LogP contribution < -0.4 is 4.72 Å². The highest BCUT2D eigenvalue weighted by atomic mass is 32.2. The van der Waals surface area contributed by atoms with Crippen LogP contribution in [0, 0.1) is 10.1 Å². The van der Waals surface area contributed by atoms with Gasteiger partial charge in [0.2, 0.25) is 5.78 Å². The van der Waals surface area contributed by atoms with E-state index < -0.39 is 39.0 Å². The monoisotopic (exact) mass is 480 g/mol. The molecule has 0 fully saturated rings. The van der Waals surface area contributed by atoms with Gasteiger partial charge in [0, 0.05) is 17.5 Å². The van der Waals surface area contributed by atoms with Gasteiger partial charge >= 0.3 is 5.97 Å². The summed E-state index contributed by atoms with van der Waals surface area (Å²) in [5.74, 6) is -1.49. The maximum atomic E-state index is 12.7. The number of rotatable bonds is 8. The van der Waals surface area contributed by atoms with Gasteiger partial charge in [-0.25, -0.2) is 13.2 Å². The number of carbonyl (C=O) groups is 2. The maximum Gasteiger partial charge on any atom is 0.340 e. The Hall–Kier alpha value is -4.51. The number of ketones is 1. The van der Waals surface area contributed by atoms with Crippen molar-refractivity contribution in [1.82, 2.24) is 0 Å². The summed E-state index contributed by atoms with van der Waals surface area (Å²) in [6.07, 6.45) is 0. The largest absolute Gasteiger partial charge is 0.453 e. The molecule has 11 heteroatoms. The minimum absolute atomic E-state index is 0.0219. The lowest BCUT2D eigenvalue weighted by Crippen LogP contribution is -2.18. The Morgan fingerprint density at radius 3 is 2.47 bits per heavy atom. The second-order valence-corrected chi connectivity index (χ2v) is 8.74. The molecule has 0 saturated carbocycles. The summed E-state index contributed by atoms with van der Waals surface area (Å²) in [6.45, 7) is -0.620. The molecule has 0 spiro atoms. The van der Waals surface area contributed by atoms with Crippen molar-refractivity contribution in [3.05, 3.63) is 100 Å². The molecule has 3 aromatic carbocycles. The zero-order chi connectivity index (χ0) is 24.3. The molecular formula is C23H16N2O8S. The number of nitrogens with one attached hydrogen (secondary N) is 1. The van der Waals surface area contributed by atoms with Gasteiger partial charge in [0.1, 0.15) is 5.58 Å². The van der Waals surface area contributed by atoms with E-state index in [0.717, 1.165) is 17.5 Å². The molecule has 172 valence electrons. The van der Waals surface area contributed by atoms with Crippen LogP contribution in [0.1, 0.15) is 20.9 Å². The quantitative estimate of drug-likeness (QED) is 0.171. The lowest BCUT2D eigenvalue weighted by Gasteiger charge is -2.12. The van der Waals surface area contributed by atoms with Crippen molar-refractivity contribution in [2.45, 2.75) is 4.90 Å². The summed E-state index contributed by atoms with van der Waals surface area (Å²) >= 11 is 0. The molecule has 4 aromatic rings. The molecular weight excluding hydrogens is 464 g/mol. The van der Waals surface area contributed by atoms with Crippen LogP contribution in [0.15, 0.2) is 88.2 Å². The van der Waals surface area contributed by atoms with E-state index in [-0.39, 0.29) is 21.9 Å². The smallest absolute Gasteiger partial charge is 0.340 e. The molecule has 0 atom stereocenters. The lowest BCUT2D eigenvalue weighted by atomic mass is 10.2. The van der Waals surface area contributed by atoms with Crippen LogP contribution in [0.5, 0.6) is 0 Å². The normalized spacial score (nSPS) is 11.2. The molecule has 0 aliphatic heterocycles. The standard InChI is InChI=1S/C23H16N2O8S/c26-20(22-12-15-6-1-4-11-21(15)33-22)14-32-23(27)18-9-2-3-10-19(18)24-34(30,31)17-8-5-7-16(13-17)25(28)29/h1-13,24H,14H2. The van der Waals surface area contributed by atoms with E-state index in [4.69, 9.17) is 9.15 Å².